The van der Waals surface area contributed by atoms with Crippen LogP contribution in [0.1, 0.15) is 36.5 Å². The third-order valence-electron chi connectivity index (χ3n) is 6.66. The van der Waals surface area contributed by atoms with Crippen LogP contribution in [0.15, 0.2) is 60.7 Å². The summed E-state index contributed by atoms with van der Waals surface area (Å²) in [4.78, 5) is 16.0. The van der Waals surface area contributed by atoms with Gasteiger partial charge in [0.25, 0.3) is 0 Å². The summed E-state index contributed by atoms with van der Waals surface area (Å²) >= 11 is 0. The second-order valence-corrected chi connectivity index (χ2v) is 9.25. The lowest BCUT2D eigenvalue weighted by molar-refractivity contribution is -0.143. The van der Waals surface area contributed by atoms with Gasteiger partial charge in [0.05, 0.1) is 13.2 Å². The van der Waals surface area contributed by atoms with E-state index in [1.165, 1.54) is 35.0 Å². The van der Waals surface area contributed by atoms with Gasteiger partial charge in [0.1, 0.15) is 24.0 Å². The minimum absolute atomic E-state index is 0.167. The molecule has 196 valence electrons. The number of aryl methyl sites for hydroxylation is 1. The molecule has 0 saturated carbocycles. The van der Waals surface area contributed by atoms with Crippen LogP contribution >= 0.6 is 0 Å². The van der Waals surface area contributed by atoms with E-state index in [-0.39, 0.29) is 24.0 Å². The minimum Gasteiger partial charge on any atom is -0.492 e. The summed E-state index contributed by atoms with van der Waals surface area (Å²) in [7, 11) is 1.96. The van der Waals surface area contributed by atoms with Crippen LogP contribution in [0.3, 0.4) is 0 Å². The number of hydrogen-bond acceptors (Lipinski definition) is 5. The molecule has 1 heterocycles. The van der Waals surface area contributed by atoms with Crippen LogP contribution in [0, 0.1) is 11.6 Å². The number of anilines is 2. The summed E-state index contributed by atoms with van der Waals surface area (Å²) in [6.07, 6.45) is 2.51. The lowest BCUT2D eigenvalue weighted by Gasteiger charge is -2.33. The molecule has 0 fully saturated rings. The number of benzene rings is 3. The number of carbonyl (C=O) groups excluding carboxylic acids is 1. The van der Waals surface area contributed by atoms with Gasteiger partial charge in [-0.05, 0) is 73.2 Å². The molecule has 0 atom stereocenters. The first-order chi connectivity index (χ1) is 17.9. The summed E-state index contributed by atoms with van der Waals surface area (Å²) in [6.45, 7) is 4.86. The number of hydrogen-bond donors (Lipinski definition) is 0. The zero-order valence-electron chi connectivity index (χ0n) is 21.5. The van der Waals surface area contributed by atoms with Crippen molar-refractivity contribution in [3.05, 3.63) is 89.0 Å². The molecule has 5 nitrogen and oxygen atoms in total. The quantitative estimate of drug-likeness (QED) is 0.301. The van der Waals surface area contributed by atoms with E-state index in [0.717, 1.165) is 25.1 Å². The van der Waals surface area contributed by atoms with Crippen molar-refractivity contribution in [1.82, 2.24) is 0 Å². The van der Waals surface area contributed by atoms with Crippen molar-refractivity contribution < 1.29 is 23.0 Å². The minimum atomic E-state index is -0.313. The second-order valence-electron chi connectivity index (χ2n) is 9.25. The number of fused-ring (bicyclic) bond motifs is 1. The van der Waals surface area contributed by atoms with Crippen LogP contribution in [-0.4, -0.2) is 39.3 Å². The molecule has 0 unspecified atom stereocenters. The molecule has 0 aromatic heterocycles. The first-order valence-electron chi connectivity index (χ1n) is 12.8. The van der Waals surface area contributed by atoms with Gasteiger partial charge in [-0.15, -0.1) is 0 Å². The van der Waals surface area contributed by atoms with E-state index in [4.69, 9.17) is 9.47 Å². The van der Waals surface area contributed by atoms with Gasteiger partial charge < -0.3 is 19.3 Å². The number of esters is 1. The highest BCUT2D eigenvalue weighted by atomic mass is 19.1. The van der Waals surface area contributed by atoms with Gasteiger partial charge in [-0.1, -0.05) is 24.3 Å². The van der Waals surface area contributed by atoms with Crippen molar-refractivity contribution >= 4 is 17.3 Å². The Bertz CT molecular complexity index is 1220. The molecule has 3 aromatic carbocycles. The summed E-state index contributed by atoms with van der Waals surface area (Å²) < 4.78 is 38.9. The lowest BCUT2D eigenvalue weighted by Crippen LogP contribution is -2.34. The van der Waals surface area contributed by atoms with Gasteiger partial charge in [-0.25, -0.2) is 8.78 Å². The number of halogens is 2. The Labute approximate surface area is 217 Å². The van der Waals surface area contributed by atoms with E-state index in [2.05, 4.69) is 23.1 Å². The first kappa shape index (κ1) is 26.5. The molecule has 7 heteroatoms. The Kier molecular flexibility index (Phi) is 8.99. The third kappa shape index (κ3) is 7.00. The van der Waals surface area contributed by atoms with E-state index in [0.29, 0.717) is 44.0 Å². The monoisotopic (exact) mass is 508 g/mol. The highest BCUT2D eigenvalue weighted by molar-refractivity contribution is 5.69. The van der Waals surface area contributed by atoms with E-state index in [9.17, 15) is 13.6 Å². The van der Waals surface area contributed by atoms with Gasteiger partial charge >= 0.3 is 5.97 Å². The number of nitrogens with zero attached hydrogens (tertiary/aromatic N) is 2. The predicted octanol–water partition coefficient (Wildman–Crippen LogP) is 5.93. The predicted molar refractivity (Wildman–Crippen MR) is 142 cm³/mol. The zero-order chi connectivity index (χ0) is 26.2. The Balaban J connectivity index is 1.39. The van der Waals surface area contributed by atoms with Crippen molar-refractivity contribution in [2.75, 3.05) is 43.2 Å². The van der Waals surface area contributed by atoms with Gasteiger partial charge in [0.2, 0.25) is 0 Å². The van der Waals surface area contributed by atoms with Crippen molar-refractivity contribution in [2.24, 2.45) is 0 Å². The number of carbonyl (C=O) groups is 1. The summed E-state index contributed by atoms with van der Waals surface area (Å²) in [6, 6.07) is 17.7. The van der Waals surface area contributed by atoms with E-state index in [1.54, 1.807) is 25.1 Å². The molecule has 37 heavy (non-hydrogen) atoms. The van der Waals surface area contributed by atoms with Gasteiger partial charge in [0.15, 0.2) is 0 Å². The third-order valence-corrected chi connectivity index (χ3v) is 6.66. The molecular weight excluding hydrogens is 474 g/mol. The highest BCUT2D eigenvalue weighted by Gasteiger charge is 2.20. The van der Waals surface area contributed by atoms with Gasteiger partial charge in [-0.3, -0.25) is 4.79 Å². The molecule has 0 aliphatic carbocycles. The van der Waals surface area contributed by atoms with Crippen LogP contribution < -0.4 is 14.5 Å². The SMILES string of the molecule is CCOC(=O)CCc1ccc(N(C)Cc2cccc3c2CCCN3CCOc2cccc(F)c2)cc1F. The number of ether oxygens (including phenoxy) is 2. The summed E-state index contributed by atoms with van der Waals surface area (Å²) in [5.74, 6) is -0.396. The number of rotatable bonds is 11. The second kappa shape index (κ2) is 12.6. The van der Waals surface area contributed by atoms with Gasteiger partial charge in [0, 0.05) is 44.0 Å². The molecule has 0 N–H and O–H groups in total. The topological polar surface area (TPSA) is 42.0 Å². The molecule has 1 aliphatic rings. The molecular formula is C30H34F2N2O3. The van der Waals surface area contributed by atoms with Crippen LogP contribution in [-0.2, 0) is 28.9 Å². The molecule has 0 saturated heterocycles. The fourth-order valence-electron chi connectivity index (χ4n) is 4.78. The average molecular weight is 509 g/mol. The Hall–Kier alpha value is -3.61. The fraction of sp³-hybridized carbons (Fsp3) is 0.367. The lowest BCUT2D eigenvalue weighted by atomic mass is 9.95. The molecule has 4 rings (SSSR count). The average Bonchev–Trinajstić information content (AvgIpc) is 2.88. The van der Waals surface area contributed by atoms with Gasteiger partial charge in [-0.2, -0.15) is 0 Å². The van der Waals surface area contributed by atoms with E-state index < -0.39 is 0 Å². The Morgan fingerprint density at radius 3 is 2.68 bits per heavy atom. The van der Waals surface area contributed by atoms with Crippen molar-refractivity contribution in [2.45, 2.75) is 39.2 Å². The maximum Gasteiger partial charge on any atom is 0.306 e. The Morgan fingerprint density at radius 1 is 1.05 bits per heavy atom. The van der Waals surface area contributed by atoms with Crippen LogP contribution in [0.5, 0.6) is 5.75 Å². The molecule has 0 radical (unpaired) electrons. The first-order valence-corrected chi connectivity index (χ1v) is 12.8. The molecule has 0 amide bonds. The maximum absolute atomic E-state index is 14.8. The smallest absolute Gasteiger partial charge is 0.306 e. The van der Waals surface area contributed by atoms with E-state index in [1.807, 2.05) is 18.0 Å². The maximum atomic E-state index is 14.8. The zero-order valence-corrected chi connectivity index (χ0v) is 21.5. The summed E-state index contributed by atoms with van der Waals surface area (Å²) in [5.41, 5.74) is 5.01. The standard InChI is InChI=1S/C30H34F2N2O3/c1-3-36-30(35)15-13-22-12-14-25(20-28(22)32)33(2)21-23-7-4-11-29-27(23)10-6-16-34(29)17-18-37-26-9-5-8-24(31)19-26/h4-5,7-9,11-12,14,19-20H,3,6,10,13,15-18,21H2,1-2H3. The molecule has 0 bridgehead atoms. The fourth-order valence-corrected chi connectivity index (χ4v) is 4.78. The largest absolute Gasteiger partial charge is 0.492 e. The summed E-state index contributed by atoms with van der Waals surface area (Å²) in [5, 5.41) is 0. The van der Waals surface area contributed by atoms with Crippen molar-refractivity contribution in [3.63, 3.8) is 0 Å². The normalized spacial score (nSPS) is 12.7. The molecule has 0 spiro atoms. The highest BCUT2D eigenvalue weighted by Crippen LogP contribution is 2.31. The van der Waals surface area contributed by atoms with Crippen LogP contribution in [0.25, 0.3) is 0 Å². The van der Waals surface area contributed by atoms with Crippen LogP contribution in [0.2, 0.25) is 0 Å². The van der Waals surface area contributed by atoms with Crippen LogP contribution in [0.4, 0.5) is 20.2 Å². The molecule has 3 aromatic rings. The van der Waals surface area contributed by atoms with Crippen molar-refractivity contribution in [1.29, 1.82) is 0 Å². The van der Waals surface area contributed by atoms with E-state index >= 15 is 0 Å². The Morgan fingerprint density at radius 2 is 1.89 bits per heavy atom. The molecule has 1 aliphatic heterocycles. The van der Waals surface area contributed by atoms with Crippen molar-refractivity contribution in [3.8, 4) is 5.75 Å².